The minimum Gasteiger partial charge on any atom is -0.135 e. The fraction of sp³-hybridized carbons (Fsp3) is 0.0588. The van der Waals surface area contributed by atoms with Gasteiger partial charge in [-0.15, -0.1) is 22.7 Å². The van der Waals surface area contributed by atoms with Crippen molar-refractivity contribution in [2.24, 2.45) is 0 Å². The fourth-order valence-electron chi connectivity index (χ4n) is 9.63. The summed E-state index contributed by atoms with van der Waals surface area (Å²) in [6.07, 6.45) is 0. The van der Waals surface area contributed by atoms with Crippen LogP contribution in [0.25, 0.3) is 106 Å². The van der Waals surface area contributed by atoms with Crippen LogP contribution in [-0.4, -0.2) is 0 Å². The molecule has 0 amide bonds. The highest BCUT2D eigenvalue weighted by atomic mass is 32.1. The van der Waals surface area contributed by atoms with E-state index in [1.165, 1.54) is 117 Å². The first kappa shape index (κ1) is 29.7. The molecule has 9 aromatic carbocycles. The van der Waals surface area contributed by atoms with Gasteiger partial charge in [0, 0.05) is 45.8 Å². The van der Waals surface area contributed by atoms with E-state index in [0.717, 1.165) is 0 Å². The molecule has 0 aliphatic heterocycles. The molecule has 0 spiro atoms. The highest BCUT2D eigenvalue weighted by Crippen LogP contribution is 2.56. The van der Waals surface area contributed by atoms with Gasteiger partial charge in [-0.05, 0) is 95.0 Å². The molecule has 0 N–H and O–H groups in total. The van der Waals surface area contributed by atoms with Gasteiger partial charge in [0.15, 0.2) is 0 Å². The van der Waals surface area contributed by atoms with E-state index >= 15 is 0 Å². The minimum absolute atomic E-state index is 0.151. The zero-order chi connectivity index (χ0) is 35.0. The summed E-state index contributed by atoms with van der Waals surface area (Å²) in [4.78, 5) is 0. The van der Waals surface area contributed by atoms with Gasteiger partial charge in [0.05, 0.1) is 0 Å². The molecule has 1 aliphatic carbocycles. The maximum Gasteiger partial charge on any atom is 0.0433 e. The lowest BCUT2D eigenvalue weighted by Gasteiger charge is -2.23. The van der Waals surface area contributed by atoms with E-state index in [1.807, 2.05) is 22.7 Å². The third-order valence-corrected chi connectivity index (χ3v) is 14.4. The van der Waals surface area contributed by atoms with Crippen molar-refractivity contribution < 1.29 is 0 Å². The Kier molecular flexibility index (Phi) is 5.97. The second kappa shape index (κ2) is 10.6. The molecule has 248 valence electrons. The van der Waals surface area contributed by atoms with Crippen molar-refractivity contribution in [3.05, 3.63) is 169 Å². The molecule has 53 heavy (non-hydrogen) atoms. The van der Waals surface area contributed by atoms with Gasteiger partial charge in [0.2, 0.25) is 0 Å². The minimum atomic E-state index is -0.151. The second-order valence-electron chi connectivity index (χ2n) is 15.2. The van der Waals surface area contributed by atoms with E-state index in [2.05, 4.69) is 172 Å². The van der Waals surface area contributed by atoms with E-state index in [1.54, 1.807) is 0 Å². The van der Waals surface area contributed by atoms with Crippen LogP contribution in [0.2, 0.25) is 0 Å². The summed E-state index contributed by atoms with van der Waals surface area (Å²) < 4.78 is 5.49. The van der Waals surface area contributed by atoms with Crippen molar-refractivity contribution in [1.82, 2.24) is 0 Å². The molecule has 0 radical (unpaired) electrons. The average Bonchev–Trinajstić information content (AvgIpc) is 3.84. The highest BCUT2D eigenvalue weighted by Gasteiger charge is 2.38. The van der Waals surface area contributed by atoms with Gasteiger partial charge < -0.3 is 0 Å². The van der Waals surface area contributed by atoms with Gasteiger partial charge in [0.25, 0.3) is 0 Å². The Labute approximate surface area is 315 Å². The van der Waals surface area contributed by atoms with Crippen molar-refractivity contribution in [1.29, 1.82) is 0 Å². The number of benzene rings is 9. The summed E-state index contributed by atoms with van der Waals surface area (Å²) in [6.45, 7) is 4.87. The third-order valence-electron chi connectivity index (χ3n) is 12.0. The quantitative estimate of drug-likeness (QED) is 0.157. The van der Waals surface area contributed by atoms with Crippen LogP contribution in [0.4, 0.5) is 0 Å². The lowest BCUT2D eigenvalue weighted by Crippen LogP contribution is -2.15. The van der Waals surface area contributed by atoms with Gasteiger partial charge in [-0.2, -0.15) is 0 Å². The number of rotatable bonds is 2. The maximum absolute atomic E-state index is 2.51. The first-order valence-electron chi connectivity index (χ1n) is 18.4. The van der Waals surface area contributed by atoms with Gasteiger partial charge >= 0.3 is 0 Å². The van der Waals surface area contributed by atoms with Gasteiger partial charge in [0.1, 0.15) is 0 Å². The first-order chi connectivity index (χ1) is 26.0. The zero-order valence-electron chi connectivity index (χ0n) is 29.3. The average molecular weight is 709 g/mol. The molecule has 0 atom stereocenters. The van der Waals surface area contributed by atoms with E-state index in [0.29, 0.717) is 0 Å². The van der Waals surface area contributed by atoms with Crippen molar-refractivity contribution in [2.45, 2.75) is 19.3 Å². The Hall–Kier alpha value is -5.80. The number of hydrogen-bond acceptors (Lipinski definition) is 2. The Morgan fingerprint density at radius 3 is 1.64 bits per heavy atom. The number of fused-ring (bicyclic) bond motifs is 14. The van der Waals surface area contributed by atoms with Gasteiger partial charge in [-0.1, -0.05) is 153 Å². The maximum atomic E-state index is 2.51. The molecule has 0 unspecified atom stereocenters. The summed E-state index contributed by atoms with van der Waals surface area (Å²) >= 11 is 3.87. The molecule has 0 nitrogen and oxygen atoms in total. The predicted molar refractivity (Wildman–Crippen MR) is 233 cm³/mol. The van der Waals surface area contributed by atoms with Crippen molar-refractivity contribution in [3.8, 4) is 33.4 Å². The summed E-state index contributed by atoms with van der Waals surface area (Å²) in [5, 5.41) is 13.3. The molecule has 2 heterocycles. The molecule has 2 heteroatoms. The van der Waals surface area contributed by atoms with Crippen LogP contribution in [-0.2, 0) is 5.41 Å². The van der Waals surface area contributed by atoms with E-state index in [-0.39, 0.29) is 5.41 Å². The topological polar surface area (TPSA) is 0 Å². The van der Waals surface area contributed by atoms with Crippen LogP contribution in [0.3, 0.4) is 0 Å². The van der Waals surface area contributed by atoms with Gasteiger partial charge in [-0.25, -0.2) is 0 Å². The van der Waals surface area contributed by atoms with E-state index in [9.17, 15) is 0 Å². The summed E-state index contributed by atoms with van der Waals surface area (Å²) in [7, 11) is 0. The molecule has 11 aromatic rings. The molecule has 0 saturated heterocycles. The molecule has 0 bridgehead atoms. The Balaban J connectivity index is 1.08. The number of hydrogen-bond donors (Lipinski definition) is 0. The Morgan fingerprint density at radius 1 is 0.377 bits per heavy atom. The highest BCUT2D eigenvalue weighted by molar-refractivity contribution is 7.27. The summed E-state index contributed by atoms with van der Waals surface area (Å²) in [5.41, 5.74) is 10.6. The molecule has 1 aliphatic rings. The largest absolute Gasteiger partial charge is 0.135 e. The molecule has 12 rings (SSSR count). The molecule has 2 aromatic heterocycles. The normalized spacial score (nSPS) is 13.6. The zero-order valence-corrected chi connectivity index (χ0v) is 31.0. The Morgan fingerprint density at radius 2 is 0.906 bits per heavy atom. The van der Waals surface area contributed by atoms with Crippen molar-refractivity contribution in [3.63, 3.8) is 0 Å². The summed E-state index contributed by atoms with van der Waals surface area (Å²) in [5.74, 6) is 0. The fourth-order valence-corrected chi connectivity index (χ4v) is 12.3. The monoisotopic (exact) mass is 708 g/mol. The van der Waals surface area contributed by atoms with Gasteiger partial charge in [-0.3, -0.25) is 0 Å². The van der Waals surface area contributed by atoms with Crippen molar-refractivity contribution in [2.75, 3.05) is 0 Å². The summed E-state index contributed by atoms with van der Waals surface area (Å²) in [6, 6.07) is 59.5. The molecule has 0 fully saturated rings. The van der Waals surface area contributed by atoms with Crippen LogP contribution >= 0.6 is 22.7 Å². The predicted octanol–water partition coefficient (Wildman–Crippen LogP) is 15.5. The van der Waals surface area contributed by atoms with E-state index in [4.69, 9.17) is 0 Å². The van der Waals surface area contributed by atoms with Crippen molar-refractivity contribution >= 4 is 95.3 Å². The Bertz CT molecular complexity index is 3310. The van der Waals surface area contributed by atoms with Crippen LogP contribution in [0, 0.1) is 0 Å². The lowest BCUT2D eigenvalue weighted by molar-refractivity contribution is 0.667. The van der Waals surface area contributed by atoms with Crippen LogP contribution in [0.15, 0.2) is 158 Å². The van der Waals surface area contributed by atoms with E-state index < -0.39 is 0 Å². The third kappa shape index (κ3) is 4.00. The standard InChI is InChI=1S/C51H32S2/c1-51(2)43-27-30(20-22-33(43)40-25-26-42-41-24-19-29-11-3-4-12-32(29)49(41)53-50(42)48(40)51)46-36-14-5-7-16-38(36)47(39-17-8-6-15-37(39)46)31-21-23-35-34-13-9-10-18-44(34)52-45(35)28-31/h3-28H,1-2H3. The molecular weight excluding hydrogens is 677 g/mol. The van der Waals surface area contributed by atoms with Crippen LogP contribution in [0.5, 0.6) is 0 Å². The number of thiophene rings is 2. The molecular formula is C51H32S2. The SMILES string of the molecule is CC1(C)c2cc(-c3c4ccccc4c(-c4ccc5c(c4)sc4ccccc45)c4ccccc34)ccc2-c2ccc3c(sc4c5ccccc5ccc34)c21. The van der Waals surface area contributed by atoms with Crippen LogP contribution in [0.1, 0.15) is 25.0 Å². The molecule has 0 saturated carbocycles. The second-order valence-corrected chi connectivity index (χ2v) is 17.3. The lowest BCUT2D eigenvalue weighted by atomic mass is 9.80. The van der Waals surface area contributed by atoms with Crippen LogP contribution < -0.4 is 0 Å². The smallest absolute Gasteiger partial charge is 0.0433 e. The first-order valence-corrected chi connectivity index (χ1v) is 20.1.